The standard InChI is InChI=1S/C17H13BrF4N2O2/c1-24(16(26)11-8-10(19)6-7-13(11)18)9-15(25)23-14-5-3-2-4-12(14)17(20,21)22/h2-8H,9H2,1H3,(H,23,25). The number of benzene rings is 2. The molecule has 1 N–H and O–H groups in total. The third kappa shape index (κ3) is 4.81. The quantitative estimate of drug-likeness (QED) is 0.731. The van der Waals surface area contributed by atoms with E-state index in [1.807, 2.05) is 0 Å². The van der Waals surface area contributed by atoms with Gasteiger partial charge in [-0.15, -0.1) is 0 Å². The Kier molecular flexibility index (Phi) is 6.01. The molecule has 0 atom stereocenters. The molecule has 2 amide bonds. The normalized spacial score (nSPS) is 11.2. The lowest BCUT2D eigenvalue weighted by molar-refractivity contribution is -0.137. The van der Waals surface area contributed by atoms with Crippen LogP contribution in [0, 0.1) is 5.82 Å². The van der Waals surface area contributed by atoms with E-state index in [1.165, 1.54) is 25.2 Å². The van der Waals surface area contributed by atoms with E-state index in [-0.39, 0.29) is 5.56 Å². The number of carbonyl (C=O) groups excluding carboxylic acids is 2. The average Bonchev–Trinajstić information content (AvgIpc) is 2.55. The summed E-state index contributed by atoms with van der Waals surface area (Å²) in [5.74, 6) is -2.10. The van der Waals surface area contributed by atoms with Crippen LogP contribution >= 0.6 is 15.9 Å². The van der Waals surface area contributed by atoms with Crippen LogP contribution in [0.15, 0.2) is 46.9 Å². The van der Waals surface area contributed by atoms with Gasteiger partial charge in [0.05, 0.1) is 23.4 Å². The molecule has 2 aromatic carbocycles. The Balaban J connectivity index is 2.11. The highest BCUT2D eigenvalue weighted by molar-refractivity contribution is 9.10. The highest BCUT2D eigenvalue weighted by Gasteiger charge is 2.33. The van der Waals surface area contributed by atoms with Crippen molar-refractivity contribution in [3.8, 4) is 0 Å². The number of para-hydroxylation sites is 1. The van der Waals surface area contributed by atoms with E-state index >= 15 is 0 Å². The number of anilines is 1. The Morgan fingerprint density at radius 2 is 1.81 bits per heavy atom. The van der Waals surface area contributed by atoms with Gasteiger partial charge in [0, 0.05) is 11.5 Å². The van der Waals surface area contributed by atoms with Crippen LogP contribution in [0.3, 0.4) is 0 Å². The van der Waals surface area contributed by atoms with Gasteiger partial charge in [0.2, 0.25) is 5.91 Å². The van der Waals surface area contributed by atoms with Gasteiger partial charge >= 0.3 is 6.18 Å². The van der Waals surface area contributed by atoms with Gasteiger partial charge in [0.1, 0.15) is 5.82 Å². The molecule has 0 unspecified atom stereocenters. The molecule has 4 nitrogen and oxygen atoms in total. The molecule has 0 fully saturated rings. The molecule has 0 aliphatic heterocycles. The fourth-order valence-corrected chi connectivity index (χ4v) is 2.60. The third-order valence-electron chi connectivity index (χ3n) is 3.39. The van der Waals surface area contributed by atoms with E-state index in [1.54, 1.807) is 0 Å². The van der Waals surface area contributed by atoms with Gasteiger partial charge in [-0.05, 0) is 46.3 Å². The second kappa shape index (κ2) is 7.86. The monoisotopic (exact) mass is 432 g/mol. The Morgan fingerprint density at radius 3 is 2.46 bits per heavy atom. The van der Waals surface area contributed by atoms with E-state index in [0.29, 0.717) is 4.47 Å². The molecule has 0 aliphatic rings. The van der Waals surface area contributed by atoms with Crippen molar-refractivity contribution in [2.45, 2.75) is 6.18 Å². The first-order chi connectivity index (χ1) is 12.1. The fraction of sp³-hybridized carbons (Fsp3) is 0.176. The van der Waals surface area contributed by atoms with Crippen molar-refractivity contribution in [2.75, 3.05) is 18.9 Å². The van der Waals surface area contributed by atoms with Crippen LogP contribution in [0.5, 0.6) is 0 Å². The lowest BCUT2D eigenvalue weighted by atomic mass is 10.1. The van der Waals surface area contributed by atoms with Gasteiger partial charge in [-0.2, -0.15) is 13.2 Å². The SMILES string of the molecule is CN(CC(=O)Nc1ccccc1C(F)(F)F)C(=O)c1cc(F)ccc1Br. The van der Waals surface area contributed by atoms with E-state index in [0.717, 1.165) is 29.2 Å². The summed E-state index contributed by atoms with van der Waals surface area (Å²) >= 11 is 3.11. The summed E-state index contributed by atoms with van der Waals surface area (Å²) < 4.78 is 52.4. The Morgan fingerprint density at radius 1 is 1.15 bits per heavy atom. The number of hydrogen-bond donors (Lipinski definition) is 1. The number of hydrogen-bond acceptors (Lipinski definition) is 2. The summed E-state index contributed by atoms with van der Waals surface area (Å²) in [6, 6.07) is 8.01. The van der Waals surface area contributed by atoms with Crippen LogP contribution in [0.1, 0.15) is 15.9 Å². The number of nitrogens with one attached hydrogen (secondary N) is 1. The molecule has 9 heteroatoms. The van der Waals surface area contributed by atoms with Crippen molar-refractivity contribution in [3.05, 3.63) is 63.9 Å². The molecule has 26 heavy (non-hydrogen) atoms. The minimum absolute atomic E-state index is 0.00371. The molecular weight excluding hydrogens is 420 g/mol. The molecule has 2 aromatic rings. The summed E-state index contributed by atoms with van der Waals surface area (Å²) in [5.41, 5.74) is -1.40. The van der Waals surface area contributed by atoms with Crippen molar-refractivity contribution >= 4 is 33.4 Å². The minimum atomic E-state index is -4.63. The van der Waals surface area contributed by atoms with Gasteiger partial charge in [-0.1, -0.05) is 12.1 Å². The average molecular weight is 433 g/mol. The molecule has 0 saturated carbocycles. The summed E-state index contributed by atoms with van der Waals surface area (Å²) in [6.07, 6.45) is -4.63. The lowest BCUT2D eigenvalue weighted by Gasteiger charge is -2.19. The maximum Gasteiger partial charge on any atom is 0.418 e. The summed E-state index contributed by atoms with van der Waals surface area (Å²) in [6.45, 7) is -0.506. The highest BCUT2D eigenvalue weighted by atomic mass is 79.9. The Hall–Kier alpha value is -2.42. The number of alkyl halides is 3. The van der Waals surface area contributed by atoms with Crippen LogP contribution < -0.4 is 5.32 Å². The zero-order valence-corrected chi connectivity index (χ0v) is 15.0. The molecule has 0 bridgehead atoms. The molecular formula is C17H13BrF4N2O2. The molecule has 0 spiro atoms. The Labute approximate surface area is 154 Å². The molecule has 0 heterocycles. The van der Waals surface area contributed by atoms with Crippen molar-refractivity contribution in [1.29, 1.82) is 0 Å². The summed E-state index contributed by atoms with van der Waals surface area (Å²) in [4.78, 5) is 25.3. The van der Waals surface area contributed by atoms with E-state index in [4.69, 9.17) is 0 Å². The van der Waals surface area contributed by atoms with Gasteiger partial charge in [0.15, 0.2) is 0 Å². The number of carbonyl (C=O) groups is 2. The van der Waals surface area contributed by atoms with Crippen LogP contribution in [0.25, 0.3) is 0 Å². The third-order valence-corrected chi connectivity index (χ3v) is 4.08. The molecule has 0 radical (unpaired) electrons. The van der Waals surface area contributed by atoms with Crippen LogP contribution in [-0.4, -0.2) is 30.3 Å². The van der Waals surface area contributed by atoms with Crippen molar-refractivity contribution < 1.29 is 27.2 Å². The summed E-state index contributed by atoms with van der Waals surface area (Å²) in [5, 5.41) is 2.14. The maximum absolute atomic E-state index is 13.3. The lowest BCUT2D eigenvalue weighted by Crippen LogP contribution is -2.35. The van der Waals surface area contributed by atoms with Crippen molar-refractivity contribution in [1.82, 2.24) is 4.90 Å². The first-order valence-electron chi connectivity index (χ1n) is 7.26. The molecule has 0 aromatic heterocycles. The summed E-state index contributed by atoms with van der Waals surface area (Å²) in [7, 11) is 1.29. The van der Waals surface area contributed by atoms with Gasteiger partial charge in [0.25, 0.3) is 5.91 Å². The number of rotatable bonds is 4. The number of likely N-dealkylation sites (N-methyl/N-ethyl adjacent to an activating group) is 1. The molecule has 2 rings (SSSR count). The fourth-order valence-electron chi connectivity index (χ4n) is 2.18. The van der Waals surface area contributed by atoms with E-state index in [9.17, 15) is 27.2 Å². The second-order valence-electron chi connectivity index (χ2n) is 5.38. The molecule has 0 saturated heterocycles. The highest BCUT2D eigenvalue weighted by Crippen LogP contribution is 2.34. The van der Waals surface area contributed by atoms with E-state index < -0.39 is 41.6 Å². The second-order valence-corrected chi connectivity index (χ2v) is 6.23. The van der Waals surface area contributed by atoms with E-state index in [2.05, 4.69) is 21.2 Å². The van der Waals surface area contributed by atoms with Crippen LogP contribution in [0.4, 0.5) is 23.2 Å². The Bertz CT molecular complexity index is 840. The first-order valence-corrected chi connectivity index (χ1v) is 8.05. The topological polar surface area (TPSA) is 49.4 Å². The predicted molar refractivity (Wildman–Crippen MR) is 91.1 cm³/mol. The zero-order valence-electron chi connectivity index (χ0n) is 13.4. The number of nitrogens with zero attached hydrogens (tertiary/aromatic N) is 1. The van der Waals surface area contributed by atoms with Gasteiger partial charge in [-0.3, -0.25) is 9.59 Å². The predicted octanol–water partition coefficient (Wildman–Crippen LogP) is 4.32. The van der Waals surface area contributed by atoms with Crippen LogP contribution in [0.2, 0.25) is 0 Å². The smallest absolute Gasteiger partial charge is 0.332 e. The number of halogens is 5. The van der Waals surface area contributed by atoms with Crippen LogP contribution in [-0.2, 0) is 11.0 Å². The van der Waals surface area contributed by atoms with Crippen molar-refractivity contribution in [3.63, 3.8) is 0 Å². The largest absolute Gasteiger partial charge is 0.418 e. The molecule has 0 aliphatic carbocycles. The minimum Gasteiger partial charge on any atom is -0.332 e. The maximum atomic E-state index is 13.3. The van der Waals surface area contributed by atoms with Crippen molar-refractivity contribution in [2.24, 2.45) is 0 Å². The molecule has 138 valence electrons. The van der Waals surface area contributed by atoms with Gasteiger partial charge < -0.3 is 10.2 Å². The zero-order chi connectivity index (χ0) is 19.5. The van der Waals surface area contributed by atoms with Gasteiger partial charge in [-0.25, -0.2) is 4.39 Å². The first kappa shape index (κ1) is 19.9. The number of amides is 2.